The maximum atomic E-state index is 5.85. The van der Waals surface area contributed by atoms with Crippen molar-refractivity contribution in [3.63, 3.8) is 0 Å². The zero-order chi connectivity index (χ0) is 10.0. The topological polar surface area (TPSA) is 18.5 Å². The van der Waals surface area contributed by atoms with E-state index in [4.69, 9.17) is 9.47 Å². The average molecular weight is 354 g/mol. The molecule has 3 heteroatoms. The van der Waals surface area contributed by atoms with Crippen molar-refractivity contribution in [3.05, 3.63) is 0 Å². The molecule has 0 aromatic heterocycles. The van der Waals surface area contributed by atoms with E-state index in [1.165, 1.54) is 19.4 Å². The van der Waals surface area contributed by atoms with Gasteiger partial charge < -0.3 is 0 Å². The summed E-state index contributed by atoms with van der Waals surface area (Å²) in [6, 6.07) is 0. The number of hydrogen-bond donors (Lipinski definition) is 0. The van der Waals surface area contributed by atoms with Crippen molar-refractivity contribution in [2.75, 3.05) is 0 Å². The van der Waals surface area contributed by atoms with Crippen molar-refractivity contribution >= 4 is 4.40 Å². The summed E-state index contributed by atoms with van der Waals surface area (Å²) in [6.07, 6.45) is 1.08. The van der Waals surface area contributed by atoms with Gasteiger partial charge in [0.1, 0.15) is 0 Å². The molecule has 76 valence electrons. The molecule has 1 saturated heterocycles. The van der Waals surface area contributed by atoms with Gasteiger partial charge in [0.25, 0.3) is 0 Å². The van der Waals surface area contributed by atoms with Crippen LogP contribution >= 0.6 is 0 Å². The molecule has 4 atom stereocenters. The molecule has 1 rings (SSSR count). The fraction of sp³-hybridized carbons (Fsp3) is 0.900. The summed E-state index contributed by atoms with van der Waals surface area (Å²) in [7, 11) is 0. The first-order chi connectivity index (χ1) is 6.06. The van der Waals surface area contributed by atoms with E-state index in [1.54, 1.807) is 0 Å². The summed E-state index contributed by atoms with van der Waals surface area (Å²) in [5, 5.41) is 0. The van der Waals surface area contributed by atoms with Crippen LogP contribution in [0.25, 0.3) is 0 Å². The summed E-state index contributed by atoms with van der Waals surface area (Å²) in [5.74, 6) is 0.503. The summed E-state index contributed by atoms with van der Waals surface area (Å²) in [5.41, 5.74) is 0. The minimum absolute atomic E-state index is 0.211. The molecule has 0 amide bonds. The molecule has 1 aliphatic rings. The average Bonchev–Trinajstić information content (AvgIpc) is 2.31. The first-order valence-corrected chi connectivity index (χ1v) is 6.51. The third-order valence-corrected chi connectivity index (χ3v) is 3.48. The minimum atomic E-state index is 0.211. The standard InChI is InChI=1S/C10H18O2.W/c1-6(2)11-10-7(3)8(4)12-9(10)5;/h5-10H,1-4H3;/t7?,8-,9+,10+;/m0./s1. The molecular weight excluding hydrogens is 336 g/mol. The fourth-order valence-corrected chi connectivity index (χ4v) is 2.43. The molecule has 2 nitrogen and oxygen atoms in total. The van der Waals surface area contributed by atoms with E-state index in [0.29, 0.717) is 18.1 Å². The molecule has 0 spiro atoms. The quantitative estimate of drug-likeness (QED) is 0.766. The van der Waals surface area contributed by atoms with Gasteiger partial charge in [-0.1, -0.05) is 0 Å². The zero-order valence-electron chi connectivity index (χ0n) is 8.69. The van der Waals surface area contributed by atoms with Gasteiger partial charge in [-0.15, -0.1) is 0 Å². The van der Waals surface area contributed by atoms with Gasteiger partial charge >= 0.3 is 91.3 Å². The van der Waals surface area contributed by atoms with E-state index < -0.39 is 0 Å². The van der Waals surface area contributed by atoms with Crippen LogP contribution in [0.5, 0.6) is 0 Å². The van der Waals surface area contributed by atoms with Crippen LogP contribution in [0.1, 0.15) is 27.7 Å². The fourth-order valence-electron chi connectivity index (χ4n) is 1.64. The number of ether oxygens (including phenoxy) is 2. The molecule has 1 fully saturated rings. The van der Waals surface area contributed by atoms with Crippen molar-refractivity contribution < 1.29 is 28.8 Å². The van der Waals surface area contributed by atoms with Crippen LogP contribution in [0.15, 0.2) is 0 Å². The normalized spacial score (nSPS) is 39.8. The van der Waals surface area contributed by atoms with Crippen LogP contribution in [0.3, 0.4) is 0 Å². The van der Waals surface area contributed by atoms with Crippen molar-refractivity contribution in [1.29, 1.82) is 0 Å². The molecule has 1 unspecified atom stereocenters. The molecule has 0 bridgehead atoms. The molecular formula is C10H18O2W. The van der Waals surface area contributed by atoms with Gasteiger partial charge in [0.2, 0.25) is 0 Å². The van der Waals surface area contributed by atoms with E-state index in [1.807, 2.05) is 0 Å². The summed E-state index contributed by atoms with van der Waals surface area (Å²) in [4.78, 5) is 0. The van der Waals surface area contributed by atoms with E-state index in [9.17, 15) is 0 Å². The summed E-state index contributed by atoms with van der Waals surface area (Å²) < 4.78 is 13.8. The second-order valence-corrected chi connectivity index (χ2v) is 4.93. The molecule has 0 N–H and O–H groups in total. The van der Waals surface area contributed by atoms with Crippen LogP contribution in [0, 0.1) is 5.92 Å². The SMILES string of the molecule is CC(C)O[C@@H]1C(C)[C@H](C)O[C@@H]1[CH]=[W]. The number of rotatable bonds is 3. The molecule has 0 radical (unpaired) electrons. The Kier molecular flexibility index (Phi) is 4.28. The van der Waals surface area contributed by atoms with Crippen LogP contribution in [-0.4, -0.2) is 28.8 Å². The van der Waals surface area contributed by atoms with Crippen molar-refractivity contribution in [2.45, 2.75) is 52.1 Å². The Morgan fingerprint density at radius 1 is 1.38 bits per heavy atom. The van der Waals surface area contributed by atoms with Gasteiger partial charge in [0.05, 0.1) is 0 Å². The Labute approximate surface area is 91.4 Å². The van der Waals surface area contributed by atoms with Crippen molar-refractivity contribution in [1.82, 2.24) is 0 Å². The van der Waals surface area contributed by atoms with Crippen molar-refractivity contribution in [2.24, 2.45) is 5.92 Å². The first kappa shape index (κ1) is 11.6. The summed E-state index contributed by atoms with van der Waals surface area (Å²) in [6.45, 7) is 8.49. The van der Waals surface area contributed by atoms with Crippen LogP contribution in [0.2, 0.25) is 0 Å². The van der Waals surface area contributed by atoms with E-state index >= 15 is 0 Å². The van der Waals surface area contributed by atoms with E-state index in [2.05, 4.69) is 32.1 Å². The van der Waals surface area contributed by atoms with Gasteiger partial charge in [0, 0.05) is 0 Å². The van der Waals surface area contributed by atoms with Gasteiger partial charge in [-0.25, -0.2) is 0 Å². The molecule has 13 heavy (non-hydrogen) atoms. The van der Waals surface area contributed by atoms with E-state index in [0.717, 1.165) is 0 Å². The predicted molar refractivity (Wildman–Crippen MR) is 49.6 cm³/mol. The van der Waals surface area contributed by atoms with Gasteiger partial charge in [-0.05, 0) is 0 Å². The van der Waals surface area contributed by atoms with Crippen LogP contribution in [0.4, 0.5) is 0 Å². The Bertz CT molecular complexity index is 182. The Hall–Kier alpha value is 0.478. The molecule has 0 aromatic carbocycles. The van der Waals surface area contributed by atoms with Crippen LogP contribution < -0.4 is 0 Å². The molecule has 1 aliphatic heterocycles. The Morgan fingerprint density at radius 3 is 2.46 bits per heavy atom. The third-order valence-electron chi connectivity index (χ3n) is 2.52. The predicted octanol–water partition coefficient (Wildman–Crippen LogP) is 1.55. The van der Waals surface area contributed by atoms with Gasteiger partial charge in [0.15, 0.2) is 0 Å². The Balaban J connectivity index is 2.62. The zero-order valence-corrected chi connectivity index (χ0v) is 11.6. The molecule has 0 aliphatic carbocycles. The van der Waals surface area contributed by atoms with Crippen LogP contribution in [-0.2, 0) is 28.8 Å². The molecule has 1 heterocycles. The van der Waals surface area contributed by atoms with Gasteiger partial charge in [-0.3, -0.25) is 0 Å². The number of hydrogen-bond acceptors (Lipinski definition) is 2. The third kappa shape index (κ3) is 2.71. The molecule has 0 aromatic rings. The van der Waals surface area contributed by atoms with E-state index in [-0.39, 0.29) is 12.2 Å². The van der Waals surface area contributed by atoms with Crippen molar-refractivity contribution in [3.8, 4) is 0 Å². The first-order valence-electron chi connectivity index (χ1n) is 4.82. The summed E-state index contributed by atoms with van der Waals surface area (Å²) >= 11 is 1.46. The maximum absolute atomic E-state index is 5.85. The second kappa shape index (κ2) is 4.81. The molecule has 0 saturated carbocycles. The Morgan fingerprint density at radius 2 is 2.00 bits per heavy atom. The van der Waals surface area contributed by atoms with Gasteiger partial charge in [-0.2, -0.15) is 0 Å². The monoisotopic (exact) mass is 354 g/mol. The second-order valence-electron chi connectivity index (χ2n) is 3.95.